The lowest BCUT2D eigenvalue weighted by molar-refractivity contribution is 0.242. The van der Waals surface area contributed by atoms with Crippen LogP contribution in [0.1, 0.15) is 13.8 Å². The number of ether oxygens (including phenoxy) is 1. The van der Waals surface area contributed by atoms with Gasteiger partial charge in [-0.05, 0) is 38.1 Å². The molecule has 0 aliphatic carbocycles. The van der Waals surface area contributed by atoms with E-state index in [1.807, 2.05) is 13.8 Å². The van der Waals surface area contributed by atoms with Gasteiger partial charge in [0, 0.05) is 0 Å². The summed E-state index contributed by atoms with van der Waals surface area (Å²) in [6, 6.07) is 6.89. The molecule has 6 heteroatoms. The summed E-state index contributed by atoms with van der Waals surface area (Å²) in [7, 11) is 0. The molecule has 94 valence electrons. The Hall–Kier alpha value is -2.37. The zero-order valence-corrected chi connectivity index (χ0v) is 10.1. The van der Waals surface area contributed by atoms with Gasteiger partial charge in [-0.15, -0.1) is 0 Å². The molecule has 1 aromatic heterocycles. The van der Waals surface area contributed by atoms with Crippen LogP contribution in [-0.4, -0.2) is 20.9 Å². The number of hydrogen-bond donors (Lipinski definition) is 1. The summed E-state index contributed by atoms with van der Waals surface area (Å²) in [5.74, 6) is 0.714. The van der Waals surface area contributed by atoms with Crippen LogP contribution in [0, 0.1) is 0 Å². The topological polar surface area (TPSA) is 77.0 Å². The summed E-state index contributed by atoms with van der Waals surface area (Å²) in [5.41, 5.74) is -0.525. The zero-order valence-electron chi connectivity index (χ0n) is 10.1. The van der Waals surface area contributed by atoms with Crippen LogP contribution in [0.25, 0.3) is 5.69 Å². The molecule has 0 fully saturated rings. The molecule has 18 heavy (non-hydrogen) atoms. The van der Waals surface area contributed by atoms with Crippen LogP contribution < -0.4 is 16.0 Å². The summed E-state index contributed by atoms with van der Waals surface area (Å²) in [6.45, 7) is 3.86. The lowest BCUT2D eigenvalue weighted by atomic mass is 10.3. The van der Waals surface area contributed by atoms with Crippen molar-refractivity contribution in [3.63, 3.8) is 0 Å². The maximum absolute atomic E-state index is 11.5. The Labute approximate surface area is 103 Å². The standard InChI is InChI=1S/C12H13N3O3/c1-8(2)18-10-5-3-9(4-6-10)15-12(17)14-11(16)7-13-15/h3-8H,1-2H3,(H,14,16,17). The van der Waals surface area contributed by atoms with E-state index in [2.05, 4.69) is 10.1 Å². The number of benzene rings is 1. The fourth-order valence-corrected chi connectivity index (χ4v) is 1.48. The van der Waals surface area contributed by atoms with Gasteiger partial charge in [-0.3, -0.25) is 9.78 Å². The van der Waals surface area contributed by atoms with Crippen molar-refractivity contribution in [2.24, 2.45) is 0 Å². The first-order chi connectivity index (χ1) is 8.56. The molecule has 0 atom stereocenters. The zero-order chi connectivity index (χ0) is 13.1. The van der Waals surface area contributed by atoms with Crippen molar-refractivity contribution in [3.8, 4) is 11.4 Å². The minimum Gasteiger partial charge on any atom is -0.491 e. The van der Waals surface area contributed by atoms with Crippen LogP contribution in [0.2, 0.25) is 0 Å². The number of nitrogens with one attached hydrogen (secondary N) is 1. The van der Waals surface area contributed by atoms with Crippen molar-refractivity contribution in [2.75, 3.05) is 0 Å². The molecule has 1 heterocycles. The van der Waals surface area contributed by atoms with Gasteiger partial charge < -0.3 is 4.74 Å². The van der Waals surface area contributed by atoms with Gasteiger partial charge in [-0.2, -0.15) is 9.78 Å². The van der Waals surface area contributed by atoms with E-state index in [0.717, 1.165) is 10.9 Å². The average Bonchev–Trinajstić information content (AvgIpc) is 2.30. The summed E-state index contributed by atoms with van der Waals surface area (Å²) in [6.07, 6.45) is 1.14. The monoisotopic (exact) mass is 247 g/mol. The highest BCUT2D eigenvalue weighted by Gasteiger charge is 2.03. The smallest absolute Gasteiger partial charge is 0.349 e. The summed E-state index contributed by atoms with van der Waals surface area (Å²) >= 11 is 0. The second-order valence-corrected chi connectivity index (χ2v) is 4.01. The number of rotatable bonds is 3. The molecular formula is C12H13N3O3. The second-order valence-electron chi connectivity index (χ2n) is 4.01. The minimum absolute atomic E-state index is 0.0878. The Morgan fingerprint density at radius 2 is 1.89 bits per heavy atom. The van der Waals surface area contributed by atoms with Gasteiger partial charge >= 0.3 is 5.69 Å². The van der Waals surface area contributed by atoms with Crippen molar-refractivity contribution in [1.82, 2.24) is 14.8 Å². The van der Waals surface area contributed by atoms with E-state index < -0.39 is 11.2 Å². The average molecular weight is 247 g/mol. The molecule has 2 rings (SSSR count). The third kappa shape index (κ3) is 2.65. The van der Waals surface area contributed by atoms with E-state index in [1.165, 1.54) is 0 Å². The normalized spacial score (nSPS) is 10.6. The van der Waals surface area contributed by atoms with Gasteiger partial charge in [0.05, 0.1) is 11.8 Å². The molecule has 2 aromatic rings. The maximum atomic E-state index is 11.5. The van der Waals surface area contributed by atoms with E-state index in [9.17, 15) is 9.59 Å². The van der Waals surface area contributed by atoms with E-state index in [-0.39, 0.29) is 6.10 Å². The highest BCUT2D eigenvalue weighted by Crippen LogP contribution is 2.14. The lowest BCUT2D eigenvalue weighted by Gasteiger charge is -2.10. The van der Waals surface area contributed by atoms with E-state index in [0.29, 0.717) is 11.4 Å². The van der Waals surface area contributed by atoms with Gasteiger partial charge in [0.15, 0.2) is 0 Å². The van der Waals surface area contributed by atoms with Crippen molar-refractivity contribution in [2.45, 2.75) is 20.0 Å². The Balaban J connectivity index is 2.34. The lowest BCUT2D eigenvalue weighted by Crippen LogP contribution is -2.30. The highest BCUT2D eigenvalue weighted by molar-refractivity contribution is 5.36. The number of H-pyrrole nitrogens is 1. The predicted octanol–water partition coefficient (Wildman–Crippen LogP) is 0.708. The quantitative estimate of drug-likeness (QED) is 0.866. The highest BCUT2D eigenvalue weighted by atomic mass is 16.5. The van der Waals surface area contributed by atoms with Crippen LogP contribution in [0.15, 0.2) is 40.1 Å². The molecule has 0 aliphatic heterocycles. The molecule has 0 bridgehead atoms. The third-order valence-electron chi connectivity index (χ3n) is 2.17. The van der Waals surface area contributed by atoms with Gasteiger partial charge in [-0.25, -0.2) is 4.79 Å². The second kappa shape index (κ2) is 4.87. The van der Waals surface area contributed by atoms with Crippen LogP contribution in [0.5, 0.6) is 5.75 Å². The van der Waals surface area contributed by atoms with E-state index >= 15 is 0 Å². The SMILES string of the molecule is CC(C)Oc1ccc(-n2ncc(=O)[nH]c2=O)cc1. The molecular weight excluding hydrogens is 234 g/mol. The maximum Gasteiger partial charge on any atom is 0.349 e. The van der Waals surface area contributed by atoms with Gasteiger partial charge in [0.1, 0.15) is 11.9 Å². The molecule has 0 aliphatic rings. The summed E-state index contributed by atoms with van der Waals surface area (Å²) < 4.78 is 6.60. The first-order valence-corrected chi connectivity index (χ1v) is 5.52. The molecule has 0 unspecified atom stereocenters. The van der Waals surface area contributed by atoms with E-state index in [1.54, 1.807) is 24.3 Å². The van der Waals surface area contributed by atoms with Crippen LogP contribution in [-0.2, 0) is 0 Å². The molecule has 0 spiro atoms. The van der Waals surface area contributed by atoms with Crippen LogP contribution >= 0.6 is 0 Å². The number of hydrogen-bond acceptors (Lipinski definition) is 4. The molecule has 0 saturated carbocycles. The van der Waals surface area contributed by atoms with Gasteiger partial charge in [-0.1, -0.05) is 0 Å². The minimum atomic E-state index is -0.569. The molecule has 1 N–H and O–H groups in total. The van der Waals surface area contributed by atoms with E-state index in [4.69, 9.17) is 4.74 Å². The van der Waals surface area contributed by atoms with Crippen molar-refractivity contribution < 1.29 is 4.74 Å². The Morgan fingerprint density at radius 3 is 2.44 bits per heavy atom. The Bertz CT molecular complexity index is 641. The number of nitrogens with zero attached hydrogens (tertiary/aromatic N) is 2. The van der Waals surface area contributed by atoms with Crippen molar-refractivity contribution in [1.29, 1.82) is 0 Å². The molecule has 0 amide bonds. The van der Waals surface area contributed by atoms with Crippen LogP contribution in [0.4, 0.5) is 0 Å². The summed E-state index contributed by atoms with van der Waals surface area (Å²) in [4.78, 5) is 24.6. The first kappa shape index (κ1) is 12.1. The van der Waals surface area contributed by atoms with Crippen LogP contribution in [0.3, 0.4) is 0 Å². The molecule has 1 aromatic carbocycles. The van der Waals surface area contributed by atoms with Gasteiger partial charge in [0.25, 0.3) is 5.56 Å². The fraction of sp³-hybridized carbons (Fsp3) is 0.250. The molecule has 0 radical (unpaired) electrons. The van der Waals surface area contributed by atoms with Crippen molar-refractivity contribution in [3.05, 3.63) is 51.3 Å². The first-order valence-electron chi connectivity index (χ1n) is 5.52. The molecule has 0 saturated heterocycles. The molecule has 6 nitrogen and oxygen atoms in total. The Kier molecular flexibility index (Phi) is 3.27. The van der Waals surface area contributed by atoms with Gasteiger partial charge in [0.2, 0.25) is 0 Å². The number of aromatic amines is 1. The largest absolute Gasteiger partial charge is 0.491 e. The Morgan fingerprint density at radius 1 is 1.22 bits per heavy atom. The summed E-state index contributed by atoms with van der Waals surface area (Å²) in [5, 5.41) is 3.76. The number of aromatic nitrogens is 3. The fourth-order valence-electron chi connectivity index (χ4n) is 1.48. The van der Waals surface area contributed by atoms with Crippen molar-refractivity contribution >= 4 is 0 Å². The third-order valence-corrected chi connectivity index (χ3v) is 2.17. The predicted molar refractivity (Wildman–Crippen MR) is 66.2 cm³/mol.